The summed E-state index contributed by atoms with van der Waals surface area (Å²) in [5, 5.41) is 29.1. The number of alkyl halides is 14. The predicted octanol–water partition coefficient (Wildman–Crippen LogP) is 6.01. The minimum Gasteiger partial charge on any atom is -0.328 e. The van der Waals surface area contributed by atoms with Gasteiger partial charge in [0.2, 0.25) is 0 Å². The minimum atomic E-state index is -7.09. The highest BCUT2D eigenvalue weighted by Gasteiger charge is 2.76. The summed E-state index contributed by atoms with van der Waals surface area (Å²) < 4.78 is 181. The molecule has 0 bridgehead atoms. The zero-order valence-corrected chi connectivity index (χ0v) is 15.5. The number of anilines is 1. The Bertz CT molecular complexity index is 1010. The van der Waals surface area contributed by atoms with Gasteiger partial charge in [-0.1, -0.05) is 0 Å². The summed E-state index contributed by atoms with van der Waals surface area (Å²) in [5.74, 6) is -30.6. The lowest BCUT2D eigenvalue weighted by molar-refractivity contribution is -0.393. The second-order valence-electron chi connectivity index (χ2n) is 6.20. The van der Waals surface area contributed by atoms with Gasteiger partial charge in [-0.05, 0) is 0 Å². The zero-order valence-electron chi connectivity index (χ0n) is 15.5. The van der Waals surface area contributed by atoms with Crippen LogP contribution < -0.4 is 5.32 Å². The van der Waals surface area contributed by atoms with Crippen LogP contribution >= 0.6 is 0 Å². The number of amidine groups is 1. The maximum absolute atomic E-state index is 13.9. The van der Waals surface area contributed by atoms with E-state index in [1.165, 1.54) is 0 Å². The van der Waals surface area contributed by atoms with E-state index in [-0.39, 0.29) is 0 Å². The third-order valence-corrected chi connectivity index (χ3v) is 3.92. The number of nitro groups is 2. The van der Waals surface area contributed by atoms with E-state index in [0.29, 0.717) is 5.32 Å². The van der Waals surface area contributed by atoms with Crippen LogP contribution in [0.5, 0.6) is 0 Å². The highest BCUT2D eigenvalue weighted by molar-refractivity contribution is 6.02. The Morgan fingerprint density at radius 1 is 0.714 bits per heavy atom. The molecule has 0 aliphatic heterocycles. The standard InChI is InChI=1S/C13H4F14N4O4/c14-8(15,10(18,19)12(22,23)24)3-1-4(30(32)33)6(5(2-3)31(34)35)29-7(28)9(16,17)11(20,21)13(25,26)27/h1-2H,(H2,28,29). The van der Waals surface area contributed by atoms with Crippen LogP contribution in [0, 0.1) is 25.6 Å². The molecule has 2 N–H and O–H groups in total. The van der Waals surface area contributed by atoms with E-state index in [1.807, 2.05) is 0 Å². The van der Waals surface area contributed by atoms with Crippen molar-refractivity contribution in [3.05, 3.63) is 37.9 Å². The number of rotatable bonds is 7. The van der Waals surface area contributed by atoms with Gasteiger partial charge in [0.1, 0.15) is 0 Å². The van der Waals surface area contributed by atoms with E-state index in [1.54, 1.807) is 0 Å². The average Bonchev–Trinajstić information content (AvgIpc) is 2.65. The molecule has 0 amide bonds. The summed E-state index contributed by atoms with van der Waals surface area (Å²) in [5.41, 5.74) is -9.98. The molecule has 0 unspecified atom stereocenters. The number of halogens is 14. The van der Waals surface area contributed by atoms with Gasteiger partial charge in [-0.2, -0.15) is 61.5 Å². The first-order valence-corrected chi connectivity index (χ1v) is 7.73. The van der Waals surface area contributed by atoms with Gasteiger partial charge < -0.3 is 5.32 Å². The first-order valence-electron chi connectivity index (χ1n) is 7.73. The molecule has 35 heavy (non-hydrogen) atoms. The third kappa shape index (κ3) is 4.72. The predicted molar refractivity (Wildman–Crippen MR) is 81.9 cm³/mol. The molecule has 1 rings (SSSR count). The van der Waals surface area contributed by atoms with E-state index >= 15 is 0 Å². The van der Waals surface area contributed by atoms with Crippen LogP contribution in [0.1, 0.15) is 5.56 Å². The molecule has 0 aliphatic rings. The van der Waals surface area contributed by atoms with Gasteiger partial charge in [-0.3, -0.25) is 25.6 Å². The normalized spacial score (nSPS) is 14.0. The Kier molecular flexibility index (Phi) is 7.02. The SMILES string of the molecule is N=C(Nc1c([N+](=O)[O-])cc(C(F)(F)C(F)(F)C(F)(F)F)cc1[N+](=O)[O-])C(F)(F)C(F)(F)C(F)(F)F. The molecular weight excluding hydrogens is 542 g/mol. The summed E-state index contributed by atoms with van der Waals surface area (Å²) in [4.78, 5) is 17.8. The Morgan fingerprint density at radius 2 is 1.06 bits per heavy atom. The van der Waals surface area contributed by atoms with Crippen molar-refractivity contribution < 1.29 is 71.3 Å². The summed E-state index contributed by atoms with van der Waals surface area (Å²) in [6, 6.07) is -1.91. The smallest absolute Gasteiger partial charge is 0.328 e. The first kappa shape index (κ1) is 29.5. The van der Waals surface area contributed by atoms with Crippen molar-refractivity contribution in [2.24, 2.45) is 0 Å². The molecule has 198 valence electrons. The zero-order chi connectivity index (χ0) is 28.2. The fourth-order valence-corrected chi connectivity index (χ4v) is 2.11. The van der Waals surface area contributed by atoms with Gasteiger partial charge in [0.05, 0.1) is 9.85 Å². The van der Waals surface area contributed by atoms with Crippen LogP contribution in [-0.2, 0) is 5.92 Å². The Labute approximate surface area is 180 Å². The topological polar surface area (TPSA) is 122 Å². The monoisotopic (exact) mass is 546 g/mol. The molecule has 22 heteroatoms. The molecule has 0 atom stereocenters. The van der Waals surface area contributed by atoms with Crippen molar-refractivity contribution in [3.63, 3.8) is 0 Å². The van der Waals surface area contributed by atoms with Crippen molar-refractivity contribution in [2.45, 2.75) is 36.0 Å². The van der Waals surface area contributed by atoms with Crippen molar-refractivity contribution in [1.82, 2.24) is 0 Å². The van der Waals surface area contributed by atoms with Gasteiger partial charge in [0, 0.05) is 17.7 Å². The molecule has 0 aromatic heterocycles. The van der Waals surface area contributed by atoms with Crippen LogP contribution in [0.25, 0.3) is 0 Å². The van der Waals surface area contributed by atoms with Crippen molar-refractivity contribution >= 4 is 22.9 Å². The maximum Gasteiger partial charge on any atom is 0.460 e. The van der Waals surface area contributed by atoms with Crippen molar-refractivity contribution in [3.8, 4) is 0 Å². The number of hydrogen-bond donors (Lipinski definition) is 2. The average molecular weight is 546 g/mol. The van der Waals surface area contributed by atoms with E-state index in [2.05, 4.69) is 0 Å². The van der Waals surface area contributed by atoms with E-state index < -0.39 is 86.5 Å². The van der Waals surface area contributed by atoms with Crippen molar-refractivity contribution in [1.29, 1.82) is 5.41 Å². The fraction of sp³-hybridized carbons (Fsp3) is 0.462. The van der Waals surface area contributed by atoms with Gasteiger partial charge in [0.15, 0.2) is 11.5 Å². The molecule has 1 aromatic rings. The summed E-state index contributed by atoms with van der Waals surface area (Å²) in [7, 11) is 0. The van der Waals surface area contributed by atoms with Crippen LogP contribution in [0.2, 0.25) is 0 Å². The first-order chi connectivity index (χ1) is 15.2. The molecule has 0 fully saturated rings. The Hall–Kier alpha value is -3.49. The number of nitrogens with one attached hydrogen (secondary N) is 2. The highest BCUT2D eigenvalue weighted by atomic mass is 19.4. The van der Waals surface area contributed by atoms with Gasteiger partial charge >= 0.3 is 36.0 Å². The molecule has 0 saturated carbocycles. The molecular formula is C13H4F14N4O4. The summed E-state index contributed by atoms with van der Waals surface area (Å²) in [6.07, 6.45) is -14.1. The number of benzene rings is 1. The molecule has 0 spiro atoms. The quantitative estimate of drug-likeness (QED) is 0.143. The lowest BCUT2D eigenvalue weighted by atomic mass is 9.99. The lowest BCUT2D eigenvalue weighted by Gasteiger charge is -2.29. The molecule has 0 aliphatic carbocycles. The number of hydrogen-bond acceptors (Lipinski definition) is 5. The van der Waals surface area contributed by atoms with E-state index in [0.717, 1.165) is 0 Å². The minimum absolute atomic E-state index is 0.423. The van der Waals surface area contributed by atoms with E-state index in [9.17, 15) is 81.7 Å². The second kappa shape index (κ2) is 8.32. The van der Waals surface area contributed by atoms with E-state index in [4.69, 9.17) is 5.41 Å². The van der Waals surface area contributed by atoms with Crippen LogP contribution in [0.15, 0.2) is 12.1 Å². The molecule has 0 saturated heterocycles. The summed E-state index contributed by atoms with van der Waals surface area (Å²) >= 11 is 0. The van der Waals surface area contributed by atoms with Crippen LogP contribution in [0.3, 0.4) is 0 Å². The molecule has 0 heterocycles. The van der Waals surface area contributed by atoms with Gasteiger partial charge in [-0.15, -0.1) is 0 Å². The van der Waals surface area contributed by atoms with Crippen LogP contribution in [-0.4, -0.2) is 45.8 Å². The Morgan fingerprint density at radius 3 is 1.34 bits per heavy atom. The van der Waals surface area contributed by atoms with Crippen molar-refractivity contribution in [2.75, 3.05) is 5.32 Å². The number of nitro benzene ring substituents is 2. The highest BCUT2D eigenvalue weighted by Crippen LogP contribution is 2.54. The number of nitrogens with zero attached hydrogens (tertiary/aromatic N) is 2. The third-order valence-electron chi connectivity index (χ3n) is 3.92. The molecule has 1 aromatic carbocycles. The second-order valence-corrected chi connectivity index (χ2v) is 6.20. The van der Waals surface area contributed by atoms with Gasteiger partial charge in [-0.25, -0.2) is 0 Å². The molecule has 8 nitrogen and oxygen atoms in total. The lowest BCUT2D eigenvalue weighted by Crippen LogP contribution is -2.57. The molecule has 0 radical (unpaired) electrons. The summed E-state index contributed by atoms with van der Waals surface area (Å²) in [6.45, 7) is 0. The van der Waals surface area contributed by atoms with Crippen LogP contribution in [0.4, 0.5) is 78.5 Å². The fourth-order valence-electron chi connectivity index (χ4n) is 2.11. The maximum atomic E-state index is 13.9. The van der Waals surface area contributed by atoms with Gasteiger partial charge in [0.25, 0.3) is 11.4 Å². The largest absolute Gasteiger partial charge is 0.460 e. The Balaban J connectivity index is 3.85.